The van der Waals surface area contributed by atoms with Crippen LogP contribution in [0.1, 0.15) is 13.8 Å². The van der Waals surface area contributed by atoms with Gasteiger partial charge >= 0.3 is 5.97 Å². The number of aliphatic hydroxyl groups is 2. The average Bonchev–Trinajstić information content (AvgIpc) is 2.50. The van der Waals surface area contributed by atoms with Crippen molar-refractivity contribution in [2.24, 2.45) is 5.73 Å². The van der Waals surface area contributed by atoms with E-state index < -0.39 is 43.0 Å². The molecule has 0 unspecified atom stereocenters. The second-order valence-corrected chi connectivity index (χ2v) is 5.09. The molecule has 9 nitrogen and oxygen atoms in total. The first-order chi connectivity index (χ1) is 10.8. The zero-order chi connectivity index (χ0) is 17.6. The van der Waals surface area contributed by atoms with Gasteiger partial charge in [0.25, 0.3) is 0 Å². The van der Waals surface area contributed by atoms with Crippen molar-refractivity contribution in [3.63, 3.8) is 0 Å². The molecule has 132 valence electrons. The predicted molar refractivity (Wildman–Crippen MR) is 79.1 cm³/mol. The first-order valence-electron chi connectivity index (χ1n) is 7.25. The summed E-state index contributed by atoms with van der Waals surface area (Å²) in [6.45, 7) is 2.52. The molecule has 0 radical (unpaired) electrons. The van der Waals surface area contributed by atoms with E-state index in [-0.39, 0.29) is 18.3 Å². The SMILES string of the molecule is CCOC(=O)C1=C[C@H](N)[C@@H](NC(C)=O)[C@H]([C@H](OC)[C@H](O)CO)O1. The highest BCUT2D eigenvalue weighted by atomic mass is 16.6. The third kappa shape index (κ3) is 4.90. The van der Waals surface area contributed by atoms with E-state index in [1.165, 1.54) is 20.1 Å². The monoisotopic (exact) mass is 332 g/mol. The van der Waals surface area contributed by atoms with Gasteiger partial charge in [-0.3, -0.25) is 4.79 Å². The Kier molecular flexibility index (Phi) is 7.43. The maximum Gasteiger partial charge on any atom is 0.373 e. The summed E-state index contributed by atoms with van der Waals surface area (Å²) in [6.07, 6.45) is -1.94. The molecule has 0 aliphatic carbocycles. The lowest BCUT2D eigenvalue weighted by atomic mass is 9.92. The van der Waals surface area contributed by atoms with Crippen LogP contribution in [0.15, 0.2) is 11.8 Å². The molecule has 23 heavy (non-hydrogen) atoms. The summed E-state index contributed by atoms with van der Waals surface area (Å²) in [7, 11) is 1.31. The Morgan fingerprint density at radius 3 is 2.65 bits per heavy atom. The highest BCUT2D eigenvalue weighted by molar-refractivity contribution is 5.86. The van der Waals surface area contributed by atoms with Gasteiger partial charge in [-0.1, -0.05) is 0 Å². The molecular weight excluding hydrogens is 308 g/mol. The largest absolute Gasteiger partial charge is 0.478 e. The lowest BCUT2D eigenvalue weighted by molar-refractivity contribution is -0.153. The first-order valence-corrected chi connectivity index (χ1v) is 7.25. The van der Waals surface area contributed by atoms with Crippen LogP contribution in [-0.2, 0) is 23.8 Å². The molecule has 0 saturated carbocycles. The van der Waals surface area contributed by atoms with Crippen molar-refractivity contribution >= 4 is 11.9 Å². The summed E-state index contributed by atoms with van der Waals surface area (Å²) in [4.78, 5) is 23.2. The van der Waals surface area contributed by atoms with Gasteiger partial charge in [-0.15, -0.1) is 0 Å². The van der Waals surface area contributed by atoms with Gasteiger partial charge in [0.15, 0.2) is 0 Å². The van der Waals surface area contributed by atoms with E-state index in [1.54, 1.807) is 6.92 Å². The van der Waals surface area contributed by atoms with Crippen LogP contribution in [0, 0.1) is 0 Å². The number of rotatable bonds is 7. The van der Waals surface area contributed by atoms with Crippen molar-refractivity contribution in [1.82, 2.24) is 5.32 Å². The number of aliphatic hydroxyl groups excluding tert-OH is 2. The van der Waals surface area contributed by atoms with Crippen LogP contribution < -0.4 is 11.1 Å². The van der Waals surface area contributed by atoms with Crippen LogP contribution in [0.4, 0.5) is 0 Å². The molecule has 0 saturated heterocycles. The van der Waals surface area contributed by atoms with Gasteiger partial charge in [0, 0.05) is 14.0 Å². The minimum absolute atomic E-state index is 0.127. The van der Waals surface area contributed by atoms with E-state index >= 15 is 0 Å². The van der Waals surface area contributed by atoms with Gasteiger partial charge in [0.1, 0.15) is 18.3 Å². The Hall–Kier alpha value is -1.68. The molecule has 1 amide bonds. The summed E-state index contributed by atoms with van der Waals surface area (Å²) in [5.41, 5.74) is 6.00. The van der Waals surface area contributed by atoms with Gasteiger partial charge in [-0.05, 0) is 13.0 Å². The number of carbonyl (C=O) groups excluding carboxylic acids is 2. The van der Waals surface area contributed by atoms with Crippen molar-refractivity contribution < 1.29 is 34.0 Å². The third-order valence-corrected chi connectivity index (χ3v) is 3.38. The highest BCUT2D eigenvalue weighted by Crippen LogP contribution is 2.24. The summed E-state index contributed by atoms with van der Waals surface area (Å²) >= 11 is 0. The highest BCUT2D eigenvalue weighted by Gasteiger charge is 2.43. The Bertz CT molecular complexity index is 454. The normalized spacial score (nSPS) is 26.5. The van der Waals surface area contributed by atoms with Crippen LogP contribution in [0.3, 0.4) is 0 Å². The minimum Gasteiger partial charge on any atom is -0.478 e. The smallest absolute Gasteiger partial charge is 0.373 e. The zero-order valence-electron chi connectivity index (χ0n) is 13.4. The summed E-state index contributed by atoms with van der Waals surface area (Å²) in [5.74, 6) is -1.19. The fraction of sp³-hybridized carbons (Fsp3) is 0.714. The van der Waals surface area contributed by atoms with Gasteiger partial charge in [-0.25, -0.2) is 4.79 Å². The van der Waals surface area contributed by atoms with Crippen LogP contribution in [-0.4, -0.2) is 72.8 Å². The third-order valence-electron chi connectivity index (χ3n) is 3.38. The average molecular weight is 332 g/mol. The van der Waals surface area contributed by atoms with Gasteiger partial charge in [0.05, 0.1) is 25.3 Å². The molecule has 1 aliphatic heterocycles. The molecule has 5 N–H and O–H groups in total. The van der Waals surface area contributed by atoms with E-state index in [1.807, 2.05) is 0 Å². The number of amides is 1. The van der Waals surface area contributed by atoms with E-state index in [2.05, 4.69) is 5.32 Å². The van der Waals surface area contributed by atoms with Crippen LogP contribution in [0.2, 0.25) is 0 Å². The van der Waals surface area contributed by atoms with E-state index in [0.717, 1.165) is 0 Å². The van der Waals surface area contributed by atoms with Gasteiger partial charge in [0.2, 0.25) is 11.7 Å². The maximum absolute atomic E-state index is 11.9. The molecule has 0 aromatic rings. The second-order valence-electron chi connectivity index (χ2n) is 5.09. The molecule has 0 aromatic heterocycles. The number of nitrogens with two attached hydrogens (primary N) is 1. The number of esters is 1. The second kappa shape index (κ2) is 8.82. The summed E-state index contributed by atoms with van der Waals surface area (Å²) < 4.78 is 15.6. The number of carbonyl (C=O) groups is 2. The van der Waals surface area contributed by atoms with Crippen molar-refractivity contribution in [2.75, 3.05) is 20.3 Å². The predicted octanol–water partition coefficient (Wildman–Crippen LogP) is -1.97. The summed E-state index contributed by atoms with van der Waals surface area (Å²) in [5, 5.41) is 21.7. The van der Waals surface area contributed by atoms with Gasteiger partial charge in [-0.2, -0.15) is 0 Å². The van der Waals surface area contributed by atoms with E-state index in [9.17, 15) is 14.7 Å². The number of nitrogens with one attached hydrogen (secondary N) is 1. The van der Waals surface area contributed by atoms with Crippen molar-refractivity contribution in [3.8, 4) is 0 Å². The number of methoxy groups -OCH3 is 1. The van der Waals surface area contributed by atoms with Crippen molar-refractivity contribution in [3.05, 3.63) is 11.8 Å². The zero-order valence-corrected chi connectivity index (χ0v) is 13.4. The molecular formula is C14H24N2O7. The number of ether oxygens (including phenoxy) is 3. The Morgan fingerprint density at radius 2 is 2.17 bits per heavy atom. The van der Waals surface area contributed by atoms with E-state index in [0.29, 0.717) is 0 Å². The lowest BCUT2D eigenvalue weighted by Crippen LogP contribution is -2.62. The molecule has 0 bridgehead atoms. The maximum atomic E-state index is 11.9. The quantitative estimate of drug-likeness (QED) is 0.394. The fourth-order valence-corrected chi connectivity index (χ4v) is 2.37. The topological polar surface area (TPSA) is 140 Å². The molecule has 5 atom stereocenters. The van der Waals surface area contributed by atoms with Crippen LogP contribution in [0.25, 0.3) is 0 Å². The number of hydrogen-bond acceptors (Lipinski definition) is 8. The number of hydrogen-bond donors (Lipinski definition) is 4. The van der Waals surface area contributed by atoms with Crippen LogP contribution >= 0.6 is 0 Å². The lowest BCUT2D eigenvalue weighted by Gasteiger charge is -2.40. The Morgan fingerprint density at radius 1 is 1.52 bits per heavy atom. The molecule has 9 heteroatoms. The van der Waals surface area contributed by atoms with Crippen LogP contribution in [0.5, 0.6) is 0 Å². The van der Waals surface area contributed by atoms with E-state index in [4.69, 9.17) is 25.1 Å². The fourth-order valence-electron chi connectivity index (χ4n) is 2.37. The molecule has 0 spiro atoms. The molecule has 1 aliphatic rings. The molecule has 0 aromatic carbocycles. The standard InChI is InChI=1S/C14H24N2O7/c1-4-22-14(20)10-5-8(15)11(16-7(2)18)13(23-10)12(21-3)9(19)6-17/h5,8-9,11-13,17,19H,4,6,15H2,1-3H3,(H,16,18)/t8-,9+,11+,12+,13+/m0/s1. The van der Waals surface area contributed by atoms with Crippen molar-refractivity contribution in [1.29, 1.82) is 0 Å². The Balaban J connectivity index is 3.11. The Labute approximate surface area is 134 Å². The minimum atomic E-state index is -1.28. The molecule has 1 rings (SSSR count). The van der Waals surface area contributed by atoms with Crippen molar-refractivity contribution in [2.45, 2.75) is 44.2 Å². The molecule has 1 heterocycles. The first kappa shape index (κ1) is 19.4. The molecule has 0 fully saturated rings. The van der Waals surface area contributed by atoms with Gasteiger partial charge < -0.3 is 35.5 Å². The summed E-state index contributed by atoms with van der Waals surface area (Å²) in [6, 6.07) is -1.52.